The maximum absolute atomic E-state index is 5.85. The lowest BCUT2D eigenvalue weighted by atomic mass is 10.1. The van der Waals surface area contributed by atoms with E-state index in [0.29, 0.717) is 52.9 Å². The van der Waals surface area contributed by atoms with Gasteiger partial charge in [-0.3, -0.25) is 4.90 Å². The summed E-state index contributed by atoms with van der Waals surface area (Å²) in [6, 6.07) is 17.3. The molecule has 0 atom stereocenters. The van der Waals surface area contributed by atoms with Gasteiger partial charge in [-0.05, 0) is 59.3 Å². The van der Waals surface area contributed by atoms with Crippen LogP contribution in [0.2, 0.25) is 0 Å². The predicted molar refractivity (Wildman–Crippen MR) is 141 cm³/mol. The standard InChI is InChI=1S/C26H37IN2O4/c1-23-2-4-24(5-3-23)22-28-10-14-30-18-20-32-16-12-29(26-8-6-25(27)7-9-26)13-17-33-21-19-31-15-11-28/h2-9H,10-22H2,1H3. The largest absolute Gasteiger partial charge is 0.378 e. The van der Waals surface area contributed by atoms with Crippen LogP contribution in [0.25, 0.3) is 0 Å². The zero-order valence-corrected chi connectivity index (χ0v) is 21.9. The highest BCUT2D eigenvalue weighted by molar-refractivity contribution is 14.1. The molecular formula is C26H37IN2O4. The maximum Gasteiger partial charge on any atom is 0.0701 e. The Labute approximate surface area is 212 Å². The lowest BCUT2D eigenvalue weighted by molar-refractivity contribution is 0.0211. The molecule has 1 aliphatic heterocycles. The van der Waals surface area contributed by atoms with Gasteiger partial charge in [0, 0.05) is 42.0 Å². The normalized spacial score (nSPS) is 19.0. The molecule has 0 aromatic heterocycles. The van der Waals surface area contributed by atoms with E-state index in [9.17, 15) is 0 Å². The molecule has 3 rings (SSSR count). The topological polar surface area (TPSA) is 43.4 Å². The smallest absolute Gasteiger partial charge is 0.0701 e. The second-order valence-corrected chi connectivity index (χ2v) is 9.42. The Kier molecular flexibility index (Phi) is 12.5. The summed E-state index contributed by atoms with van der Waals surface area (Å²) in [6.45, 7) is 11.5. The van der Waals surface area contributed by atoms with Crippen LogP contribution in [0.5, 0.6) is 0 Å². The third-order valence-corrected chi connectivity index (χ3v) is 6.30. The Bertz CT molecular complexity index is 753. The summed E-state index contributed by atoms with van der Waals surface area (Å²) in [5, 5.41) is 0. The molecule has 0 N–H and O–H groups in total. The first-order chi connectivity index (χ1) is 16.2. The van der Waals surface area contributed by atoms with Crippen molar-refractivity contribution in [2.24, 2.45) is 0 Å². The second kappa shape index (κ2) is 15.6. The first-order valence-electron chi connectivity index (χ1n) is 11.8. The number of rotatable bonds is 3. The number of aryl methyl sites for hydroxylation is 1. The fraction of sp³-hybridized carbons (Fsp3) is 0.538. The number of ether oxygens (including phenoxy) is 4. The Morgan fingerprint density at radius 1 is 0.636 bits per heavy atom. The van der Waals surface area contributed by atoms with Crippen molar-refractivity contribution in [2.45, 2.75) is 13.5 Å². The summed E-state index contributed by atoms with van der Waals surface area (Å²) in [7, 11) is 0. The third kappa shape index (κ3) is 10.7. The molecule has 1 saturated heterocycles. The lowest BCUT2D eigenvalue weighted by Gasteiger charge is -2.25. The molecule has 0 radical (unpaired) electrons. The van der Waals surface area contributed by atoms with Crippen LogP contribution in [0.3, 0.4) is 0 Å². The van der Waals surface area contributed by atoms with E-state index in [2.05, 4.69) is 87.8 Å². The molecule has 0 bridgehead atoms. The van der Waals surface area contributed by atoms with Gasteiger partial charge < -0.3 is 23.8 Å². The van der Waals surface area contributed by atoms with Gasteiger partial charge in [-0.25, -0.2) is 0 Å². The second-order valence-electron chi connectivity index (χ2n) is 8.17. The molecule has 2 aromatic rings. The highest BCUT2D eigenvalue weighted by Crippen LogP contribution is 2.16. The summed E-state index contributed by atoms with van der Waals surface area (Å²) in [5.41, 5.74) is 3.79. The van der Waals surface area contributed by atoms with Gasteiger partial charge in [0.05, 0.1) is 52.9 Å². The SMILES string of the molecule is Cc1ccc(CN2CCOCCOCCN(c3ccc(I)cc3)CCOCCOCC2)cc1. The van der Waals surface area contributed by atoms with Crippen molar-refractivity contribution in [3.8, 4) is 0 Å². The van der Waals surface area contributed by atoms with E-state index in [1.807, 2.05) is 0 Å². The van der Waals surface area contributed by atoms with Gasteiger partial charge in [0.15, 0.2) is 0 Å². The number of halogens is 1. The van der Waals surface area contributed by atoms with Crippen molar-refractivity contribution < 1.29 is 18.9 Å². The van der Waals surface area contributed by atoms with Gasteiger partial charge >= 0.3 is 0 Å². The van der Waals surface area contributed by atoms with Crippen molar-refractivity contribution in [2.75, 3.05) is 83.9 Å². The summed E-state index contributed by atoms with van der Waals surface area (Å²) < 4.78 is 24.6. The van der Waals surface area contributed by atoms with Crippen molar-refractivity contribution in [3.05, 3.63) is 63.2 Å². The van der Waals surface area contributed by atoms with Crippen LogP contribution in [-0.2, 0) is 25.5 Å². The molecule has 0 unspecified atom stereocenters. The molecule has 1 fully saturated rings. The molecule has 0 saturated carbocycles. The van der Waals surface area contributed by atoms with Crippen LogP contribution in [-0.4, -0.2) is 83.9 Å². The molecule has 0 aliphatic carbocycles. The summed E-state index contributed by atoms with van der Waals surface area (Å²) in [6.07, 6.45) is 0. The summed E-state index contributed by atoms with van der Waals surface area (Å²) >= 11 is 2.33. The molecule has 1 aliphatic rings. The van der Waals surface area contributed by atoms with E-state index in [1.54, 1.807) is 0 Å². The predicted octanol–water partition coefficient (Wildman–Crippen LogP) is 3.99. The van der Waals surface area contributed by atoms with E-state index in [1.165, 1.54) is 20.4 Å². The fourth-order valence-corrected chi connectivity index (χ4v) is 3.98. The first kappa shape index (κ1) is 26.4. The molecule has 33 heavy (non-hydrogen) atoms. The summed E-state index contributed by atoms with van der Waals surface area (Å²) in [4.78, 5) is 4.69. The van der Waals surface area contributed by atoms with E-state index in [-0.39, 0.29) is 0 Å². The lowest BCUT2D eigenvalue weighted by Crippen LogP contribution is -2.33. The minimum atomic E-state index is 0.609. The van der Waals surface area contributed by atoms with Gasteiger partial charge in [-0.15, -0.1) is 0 Å². The molecule has 0 amide bonds. The van der Waals surface area contributed by atoms with Gasteiger partial charge in [-0.1, -0.05) is 29.8 Å². The van der Waals surface area contributed by atoms with Crippen LogP contribution >= 0.6 is 22.6 Å². The van der Waals surface area contributed by atoms with Crippen LogP contribution in [0.4, 0.5) is 5.69 Å². The van der Waals surface area contributed by atoms with Crippen molar-refractivity contribution in [1.82, 2.24) is 4.90 Å². The van der Waals surface area contributed by atoms with Gasteiger partial charge in [-0.2, -0.15) is 0 Å². The minimum Gasteiger partial charge on any atom is -0.378 e. The van der Waals surface area contributed by atoms with E-state index in [4.69, 9.17) is 18.9 Å². The molecular weight excluding hydrogens is 531 g/mol. The summed E-state index contributed by atoms with van der Waals surface area (Å²) in [5.74, 6) is 0. The Morgan fingerprint density at radius 2 is 1.12 bits per heavy atom. The van der Waals surface area contributed by atoms with Crippen LogP contribution < -0.4 is 4.90 Å². The number of hydrogen-bond donors (Lipinski definition) is 0. The highest BCUT2D eigenvalue weighted by Gasteiger charge is 2.09. The highest BCUT2D eigenvalue weighted by atomic mass is 127. The first-order valence-corrected chi connectivity index (χ1v) is 12.9. The Balaban J connectivity index is 1.47. The minimum absolute atomic E-state index is 0.609. The van der Waals surface area contributed by atoms with Crippen LogP contribution in [0.1, 0.15) is 11.1 Å². The van der Waals surface area contributed by atoms with Crippen molar-refractivity contribution in [1.29, 1.82) is 0 Å². The number of nitrogens with zero attached hydrogens (tertiary/aromatic N) is 2. The number of anilines is 1. The van der Waals surface area contributed by atoms with E-state index < -0.39 is 0 Å². The molecule has 1 heterocycles. The van der Waals surface area contributed by atoms with E-state index >= 15 is 0 Å². The van der Waals surface area contributed by atoms with E-state index in [0.717, 1.165) is 32.7 Å². The van der Waals surface area contributed by atoms with Crippen LogP contribution in [0.15, 0.2) is 48.5 Å². The van der Waals surface area contributed by atoms with Crippen molar-refractivity contribution in [3.63, 3.8) is 0 Å². The average molecular weight is 568 g/mol. The molecule has 6 nitrogen and oxygen atoms in total. The zero-order valence-electron chi connectivity index (χ0n) is 19.7. The van der Waals surface area contributed by atoms with Gasteiger partial charge in [0.2, 0.25) is 0 Å². The third-order valence-electron chi connectivity index (χ3n) is 5.58. The molecule has 2 aromatic carbocycles. The fourth-order valence-electron chi connectivity index (χ4n) is 3.62. The zero-order chi connectivity index (χ0) is 23.1. The monoisotopic (exact) mass is 568 g/mol. The van der Waals surface area contributed by atoms with Crippen molar-refractivity contribution >= 4 is 28.3 Å². The Hall–Kier alpha value is -1.23. The molecule has 182 valence electrons. The quantitative estimate of drug-likeness (QED) is 0.522. The average Bonchev–Trinajstić information content (AvgIpc) is 2.82. The molecule has 7 heteroatoms. The van der Waals surface area contributed by atoms with Crippen LogP contribution in [0, 0.1) is 10.5 Å². The number of hydrogen-bond acceptors (Lipinski definition) is 6. The van der Waals surface area contributed by atoms with Gasteiger partial charge in [0.25, 0.3) is 0 Å². The molecule has 0 spiro atoms. The Morgan fingerprint density at radius 3 is 1.64 bits per heavy atom. The number of benzene rings is 2. The van der Waals surface area contributed by atoms with Gasteiger partial charge in [0.1, 0.15) is 0 Å². The maximum atomic E-state index is 5.85.